The van der Waals surface area contributed by atoms with Gasteiger partial charge in [0.15, 0.2) is 0 Å². The van der Waals surface area contributed by atoms with Crippen molar-refractivity contribution in [3.63, 3.8) is 0 Å². The van der Waals surface area contributed by atoms with Crippen LogP contribution in [-0.2, 0) is 0 Å². The summed E-state index contributed by atoms with van der Waals surface area (Å²) in [7, 11) is 0. The van der Waals surface area contributed by atoms with Crippen molar-refractivity contribution in [2.24, 2.45) is 0 Å². The highest BCUT2D eigenvalue weighted by molar-refractivity contribution is 6.02. The first-order valence-corrected chi connectivity index (χ1v) is 7.28. The Bertz CT molecular complexity index is 1010. The van der Waals surface area contributed by atoms with Crippen LogP contribution in [0.4, 0.5) is 16.2 Å². The molecule has 0 bridgehead atoms. The van der Waals surface area contributed by atoms with E-state index in [-0.39, 0.29) is 6.03 Å². The number of carbonyl (C=O) groups excluding carboxylic acids is 1. The van der Waals surface area contributed by atoms with Gasteiger partial charge >= 0.3 is 6.03 Å². The van der Waals surface area contributed by atoms with E-state index in [1.807, 2.05) is 60.7 Å². The summed E-state index contributed by atoms with van der Waals surface area (Å²) in [5.41, 5.74) is 3.21. The van der Waals surface area contributed by atoms with Crippen LogP contribution in [-0.4, -0.2) is 16.0 Å². The van der Waals surface area contributed by atoms with E-state index in [9.17, 15) is 4.79 Å². The summed E-state index contributed by atoms with van der Waals surface area (Å²) in [6.07, 6.45) is 1.63. The molecule has 3 N–H and O–H groups in total. The maximum atomic E-state index is 12.1. The molecule has 0 saturated heterocycles. The lowest BCUT2D eigenvalue weighted by molar-refractivity contribution is 0.262. The van der Waals surface area contributed by atoms with Crippen LogP contribution in [0, 0.1) is 0 Å². The van der Waals surface area contributed by atoms with Crippen molar-refractivity contribution in [2.45, 2.75) is 0 Å². The van der Waals surface area contributed by atoms with E-state index in [1.54, 1.807) is 6.33 Å². The Morgan fingerprint density at radius 1 is 0.870 bits per heavy atom. The first-order chi connectivity index (χ1) is 11.3. The lowest BCUT2D eigenvalue weighted by atomic mass is 10.1. The van der Waals surface area contributed by atoms with Gasteiger partial charge in [-0.2, -0.15) is 0 Å². The zero-order valence-corrected chi connectivity index (χ0v) is 12.2. The SMILES string of the molecule is O=C(Nc1ccc2ccccc2c1)Nc1ccc2nc[nH]c2c1. The van der Waals surface area contributed by atoms with Gasteiger partial charge in [-0.3, -0.25) is 0 Å². The molecule has 5 heteroatoms. The van der Waals surface area contributed by atoms with Crippen molar-refractivity contribution in [1.29, 1.82) is 0 Å². The highest BCUT2D eigenvalue weighted by Gasteiger charge is 2.05. The summed E-state index contributed by atoms with van der Waals surface area (Å²) in [4.78, 5) is 19.3. The molecule has 0 fully saturated rings. The zero-order valence-electron chi connectivity index (χ0n) is 12.2. The minimum Gasteiger partial charge on any atom is -0.345 e. The summed E-state index contributed by atoms with van der Waals surface area (Å²) in [6, 6.07) is 19.1. The number of urea groups is 1. The lowest BCUT2D eigenvalue weighted by Crippen LogP contribution is -2.19. The fourth-order valence-corrected chi connectivity index (χ4v) is 2.57. The van der Waals surface area contributed by atoms with Crippen LogP contribution < -0.4 is 10.6 Å². The molecule has 0 atom stereocenters. The number of anilines is 2. The van der Waals surface area contributed by atoms with Crippen LogP contribution in [0.1, 0.15) is 0 Å². The molecule has 112 valence electrons. The minimum atomic E-state index is -0.279. The Labute approximate surface area is 132 Å². The molecule has 2 amide bonds. The summed E-state index contributed by atoms with van der Waals surface area (Å²) in [5.74, 6) is 0. The number of hydrogen-bond acceptors (Lipinski definition) is 2. The molecule has 4 aromatic rings. The molecule has 0 unspecified atom stereocenters. The molecule has 0 aliphatic carbocycles. The third-order valence-electron chi connectivity index (χ3n) is 3.69. The number of H-pyrrole nitrogens is 1. The van der Waals surface area contributed by atoms with E-state index in [0.29, 0.717) is 5.69 Å². The van der Waals surface area contributed by atoms with E-state index < -0.39 is 0 Å². The largest absolute Gasteiger partial charge is 0.345 e. The van der Waals surface area contributed by atoms with Crippen LogP contribution in [0.15, 0.2) is 67.0 Å². The molecule has 0 spiro atoms. The average molecular weight is 302 g/mol. The van der Waals surface area contributed by atoms with E-state index in [4.69, 9.17) is 0 Å². The number of nitrogens with one attached hydrogen (secondary N) is 3. The number of aromatic nitrogens is 2. The van der Waals surface area contributed by atoms with Gasteiger partial charge < -0.3 is 15.6 Å². The Morgan fingerprint density at radius 3 is 2.48 bits per heavy atom. The Kier molecular flexibility index (Phi) is 3.16. The molecule has 0 saturated carbocycles. The van der Waals surface area contributed by atoms with Crippen molar-refractivity contribution >= 4 is 39.2 Å². The van der Waals surface area contributed by atoms with Crippen LogP contribution in [0.3, 0.4) is 0 Å². The molecule has 1 heterocycles. The van der Waals surface area contributed by atoms with Crippen molar-refractivity contribution < 1.29 is 4.79 Å². The number of amides is 2. The van der Waals surface area contributed by atoms with Gasteiger partial charge in [0.25, 0.3) is 0 Å². The summed E-state index contributed by atoms with van der Waals surface area (Å²) < 4.78 is 0. The van der Waals surface area contributed by atoms with Gasteiger partial charge in [0.2, 0.25) is 0 Å². The molecule has 23 heavy (non-hydrogen) atoms. The number of carbonyl (C=O) groups is 1. The standard InChI is InChI=1S/C18H14N4O/c23-18(22-15-7-8-16-17(10-15)20-11-19-16)21-14-6-5-12-3-1-2-4-13(12)9-14/h1-11H,(H,19,20)(H2,21,22,23). The van der Waals surface area contributed by atoms with Gasteiger partial charge in [0.1, 0.15) is 0 Å². The second kappa shape index (κ2) is 5.46. The van der Waals surface area contributed by atoms with Gasteiger partial charge in [-0.15, -0.1) is 0 Å². The van der Waals surface area contributed by atoms with Gasteiger partial charge in [-0.1, -0.05) is 30.3 Å². The predicted octanol–water partition coefficient (Wildman–Crippen LogP) is 4.36. The fourth-order valence-electron chi connectivity index (χ4n) is 2.57. The minimum absolute atomic E-state index is 0.279. The van der Waals surface area contributed by atoms with E-state index >= 15 is 0 Å². The second-order valence-corrected chi connectivity index (χ2v) is 5.28. The summed E-state index contributed by atoms with van der Waals surface area (Å²) in [6.45, 7) is 0. The maximum Gasteiger partial charge on any atom is 0.323 e. The molecule has 0 aliphatic rings. The van der Waals surface area contributed by atoms with Gasteiger partial charge in [-0.05, 0) is 41.1 Å². The molecule has 0 aliphatic heterocycles. The van der Waals surface area contributed by atoms with Crippen LogP contribution in [0.5, 0.6) is 0 Å². The molecule has 0 radical (unpaired) electrons. The predicted molar refractivity (Wildman–Crippen MR) is 92.7 cm³/mol. The topological polar surface area (TPSA) is 69.8 Å². The first kappa shape index (κ1) is 13.3. The van der Waals surface area contributed by atoms with E-state index in [2.05, 4.69) is 20.6 Å². The summed E-state index contributed by atoms with van der Waals surface area (Å²) in [5, 5.41) is 7.90. The van der Waals surface area contributed by atoms with Crippen LogP contribution in [0.2, 0.25) is 0 Å². The van der Waals surface area contributed by atoms with Crippen LogP contribution in [0.25, 0.3) is 21.8 Å². The highest BCUT2D eigenvalue weighted by Crippen LogP contribution is 2.20. The Hall–Kier alpha value is -3.34. The van der Waals surface area contributed by atoms with Crippen molar-refractivity contribution in [3.8, 4) is 0 Å². The first-order valence-electron chi connectivity index (χ1n) is 7.28. The third kappa shape index (κ3) is 2.72. The molecule has 4 rings (SSSR count). The fraction of sp³-hybridized carbons (Fsp3) is 0. The quantitative estimate of drug-likeness (QED) is 0.515. The second-order valence-electron chi connectivity index (χ2n) is 5.28. The van der Waals surface area contributed by atoms with E-state index in [1.165, 1.54) is 0 Å². The number of hydrogen-bond donors (Lipinski definition) is 3. The normalized spacial score (nSPS) is 10.8. The monoisotopic (exact) mass is 302 g/mol. The molecule has 3 aromatic carbocycles. The third-order valence-corrected chi connectivity index (χ3v) is 3.69. The number of fused-ring (bicyclic) bond motifs is 2. The van der Waals surface area contributed by atoms with Gasteiger partial charge in [-0.25, -0.2) is 9.78 Å². The van der Waals surface area contributed by atoms with Crippen LogP contribution >= 0.6 is 0 Å². The zero-order chi connectivity index (χ0) is 15.6. The number of rotatable bonds is 2. The summed E-state index contributed by atoms with van der Waals surface area (Å²) >= 11 is 0. The number of nitrogens with zero attached hydrogens (tertiary/aromatic N) is 1. The number of imidazole rings is 1. The maximum absolute atomic E-state index is 12.1. The molecular formula is C18H14N4O. The van der Waals surface area contributed by atoms with Gasteiger partial charge in [0, 0.05) is 11.4 Å². The number of benzene rings is 3. The Morgan fingerprint density at radius 2 is 1.61 bits per heavy atom. The molecule has 1 aromatic heterocycles. The van der Waals surface area contributed by atoms with Gasteiger partial charge in [0.05, 0.1) is 17.4 Å². The smallest absolute Gasteiger partial charge is 0.323 e. The Balaban J connectivity index is 1.51. The van der Waals surface area contributed by atoms with Crippen molar-refractivity contribution in [1.82, 2.24) is 9.97 Å². The van der Waals surface area contributed by atoms with Crippen molar-refractivity contribution in [3.05, 3.63) is 67.0 Å². The van der Waals surface area contributed by atoms with Crippen molar-refractivity contribution in [2.75, 3.05) is 10.6 Å². The average Bonchev–Trinajstić information content (AvgIpc) is 3.02. The number of aromatic amines is 1. The van der Waals surface area contributed by atoms with E-state index in [0.717, 1.165) is 27.5 Å². The molecule has 5 nitrogen and oxygen atoms in total. The highest BCUT2D eigenvalue weighted by atomic mass is 16.2. The molecular weight excluding hydrogens is 288 g/mol. The lowest BCUT2D eigenvalue weighted by Gasteiger charge is -2.08.